The number of aliphatic hydroxyl groups excluding tert-OH is 1. The summed E-state index contributed by atoms with van der Waals surface area (Å²) in [6.07, 6.45) is 1.08. The van der Waals surface area contributed by atoms with Crippen molar-refractivity contribution in [1.82, 2.24) is 5.32 Å². The lowest BCUT2D eigenvalue weighted by molar-refractivity contribution is 0.102. The standard InChI is InChI=1S/C16H25NO3/c1-5-13(4)20-16-9-7-6-8-15(16)19-11-14(18)10-17-12(2)3/h5-9,12-14,17-18H,1,10-11H2,2-4H3. The van der Waals surface area contributed by atoms with Gasteiger partial charge >= 0.3 is 0 Å². The predicted octanol–water partition coefficient (Wildman–Crippen LogP) is 2.38. The SMILES string of the molecule is C=CC(C)Oc1ccccc1OCC(O)CNC(C)C. The molecule has 4 nitrogen and oxygen atoms in total. The number of aliphatic hydroxyl groups is 1. The minimum atomic E-state index is -0.553. The van der Waals surface area contributed by atoms with E-state index in [0.29, 0.717) is 24.1 Å². The number of hydrogen-bond donors (Lipinski definition) is 2. The van der Waals surface area contributed by atoms with E-state index in [2.05, 4.69) is 11.9 Å². The molecule has 2 atom stereocenters. The van der Waals surface area contributed by atoms with Gasteiger partial charge in [-0.05, 0) is 19.1 Å². The predicted molar refractivity (Wildman–Crippen MR) is 81.4 cm³/mol. The summed E-state index contributed by atoms with van der Waals surface area (Å²) in [5.74, 6) is 1.29. The van der Waals surface area contributed by atoms with Gasteiger partial charge in [0.1, 0.15) is 18.8 Å². The van der Waals surface area contributed by atoms with Crippen molar-refractivity contribution in [2.75, 3.05) is 13.2 Å². The molecule has 112 valence electrons. The van der Waals surface area contributed by atoms with Crippen LogP contribution in [0.1, 0.15) is 20.8 Å². The number of nitrogens with one attached hydrogen (secondary N) is 1. The lowest BCUT2D eigenvalue weighted by Crippen LogP contribution is -2.35. The van der Waals surface area contributed by atoms with Crippen molar-refractivity contribution >= 4 is 0 Å². The summed E-state index contributed by atoms with van der Waals surface area (Å²) in [6, 6.07) is 7.77. The molecule has 2 N–H and O–H groups in total. The maximum atomic E-state index is 9.83. The average molecular weight is 279 g/mol. The Morgan fingerprint density at radius 3 is 2.50 bits per heavy atom. The van der Waals surface area contributed by atoms with Crippen LogP contribution in [0.2, 0.25) is 0 Å². The Hall–Kier alpha value is -1.52. The summed E-state index contributed by atoms with van der Waals surface area (Å²) in [6.45, 7) is 10.4. The van der Waals surface area contributed by atoms with Gasteiger partial charge in [-0.15, -0.1) is 0 Å². The smallest absolute Gasteiger partial charge is 0.162 e. The molecule has 0 saturated carbocycles. The first-order valence-corrected chi connectivity index (χ1v) is 6.95. The Kier molecular flexibility index (Phi) is 7.12. The molecule has 0 saturated heterocycles. The van der Waals surface area contributed by atoms with Gasteiger partial charge in [-0.1, -0.05) is 38.6 Å². The molecule has 0 fully saturated rings. The molecule has 2 unspecified atom stereocenters. The topological polar surface area (TPSA) is 50.7 Å². The second kappa shape index (κ2) is 8.61. The molecule has 1 rings (SSSR count). The van der Waals surface area contributed by atoms with Crippen LogP contribution in [0.15, 0.2) is 36.9 Å². The third-order valence-electron chi connectivity index (χ3n) is 2.69. The highest BCUT2D eigenvalue weighted by atomic mass is 16.5. The van der Waals surface area contributed by atoms with Crippen molar-refractivity contribution in [2.45, 2.75) is 39.0 Å². The van der Waals surface area contributed by atoms with Gasteiger partial charge in [0.05, 0.1) is 0 Å². The third kappa shape index (κ3) is 6.08. The number of para-hydroxylation sites is 2. The van der Waals surface area contributed by atoms with Gasteiger partial charge in [0.15, 0.2) is 11.5 Å². The van der Waals surface area contributed by atoms with Gasteiger partial charge in [0.2, 0.25) is 0 Å². The van der Waals surface area contributed by atoms with Crippen LogP contribution in [-0.4, -0.2) is 36.5 Å². The maximum Gasteiger partial charge on any atom is 0.162 e. The highest BCUT2D eigenvalue weighted by Crippen LogP contribution is 2.27. The molecule has 0 aliphatic heterocycles. The normalized spacial score (nSPS) is 13.8. The van der Waals surface area contributed by atoms with Crippen molar-refractivity contribution in [3.8, 4) is 11.5 Å². The first kappa shape index (κ1) is 16.5. The zero-order chi connectivity index (χ0) is 15.0. The molecule has 0 spiro atoms. The number of benzene rings is 1. The Balaban J connectivity index is 2.52. The quantitative estimate of drug-likeness (QED) is 0.681. The van der Waals surface area contributed by atoms with Gasteiger partial charge in [0, 0.05) is 12.6 Å². The van der Waals surface area contributed by atoms with Crippen LogP contribution >= 0.6 is 0 Å². The van der Waals surface area contributed by atoms with E-state index in [4.69, 9.17) is 9.47 Å². The first-order valence-electron chi connectivity index (χ1n) is 6.95. The lowest BCUT2D eigenvalue weighted by atomic mass is 10.3. The van der Waals surface area contributed by atoms with Crippen molar-refractivity contribution < 1.29 is 14.6 Å². The molecular formula is C16H25NO3. The summed E-state index contributed by atoms with van der Waals surface area (Å²) in [7, 11) is 0. The van der Waals surface area contributed by atoms with Crippen molar-refractivity contribution in [3.63, 3.8) is 0 Å². The summed E-state index contributed by atoms with van der Waals surface area (Å²) in [5.41, 5.74) is 0. The first-order chi connectivity index (χ1) is 9.52. The summed E-state index contributed by atoms with van der Waals surface area (Å²) < 4.78 is 11.3. The number of ether oxygens (including phenoxy) is 2. The molecule has 0 radical (unpaired) electrons. The Labute approximate surface area is 121 Å². The van der Waals surface area contributed by atoms with Crippen molar-refractivity contribution in [2.24, 2.45) is 0 Å². The van der Waals surface area contributed by atoms with Gasteiger partial charge in [0.25, 0.3) is 0 Å². The molecule has 1 aromatic carbocycles. The van der Waals surface area contributed by atoms with Crippen molar-refractivity contribution in [1.29, 1.82) is 0 Å². The molecular weight excluding hydrogens is 254 g/mol. The summed E-state index contributed by atoms with van der Waals surface area (Å²) in [5, 5.41) is 13.0. The van der Waals surface area contributed by atoms with Crippen LogP contribution in [0.5, 0.6) is 11.5 Å². The minimum Gasteiger partial charge on any atom is -0.487 e. The fourth-order valence-corrected chi connectivity index (χ4v) is 1.53. The van der Waals surface area contributed by atoms with E-state index in [-0.39, 0.29) is 12.7 Å². The fraction of sp³-hybridized carbons (Fsp3) is 0.500. The van der Waals surface area contributed by atoms with Gasteiger partial charge in [-0.3, -0.25) is 0 Å². The van der Waals surface area contributed by atoms with Crippen LogP contribution in [0.25, 0.3) is 0 Å². The van der Waals surface area contributed by atoms with E-state index in [1.807, 2.05) is 45.0 Å². The Bertz CT molecular complexity index is 406. The highest BCUT2D eigenvalue weighted by Gasteiger charge is 2.10. The zero-order valence-corrected chi connectivity index (χ0v) is 12.5. The molecule has 4 heteroatoms. The molecule has 20 heavy (non-hydrogen) atoms. The van der Waals surface area contributed by atoms with Gasteiger partial charge < -0.3 is 19.9 Å². The van der Waals surface area contributed by atoms with Crippen LogP contribution in [0.3, 0.4) is 0 Å². The second-order valence-electron chi connectivity index (χ2n) is 5.03. The monoisotopic (exact) mass is 279 g/mol. The second-order valence-corrected chi connectivity index (χ2v) is 5.03. The molecule has 1 aromatic rings. The van der Waals surface area contributed by atoms with Crippen LogP contribution in [0.4, 0.5) is 0 Å². The zero-order valence-electron chi connectivity index (χ0n) is 12.5. The van der Waals surface area contributed by atoms with E-state index in [9.17, 15) is 5.11 Å². The molecule has 0 aliphatic rings. The summed E-state index contributed by atoms with van der Waals surface area (Å²) >= 11 is 0. The molecule has 0 aromatic heterocycles. The largest absolute Gasteiger partial charge is 0.487 e. The van der Waals surface area contributed by atoms with Crippen LogP contribution in [-0.2, 0) is 0 Å². The summed E-state index contributed by atoms with van der Waals surface area (Å²) in [4.78, 5) is 0. The number of rotatable bonds is 9. The molecule has 0 bridgehead atoms. The van der Waals surface area contributed by atoms with Gasteiger partial charge in [-0.25, -0.2) is 0 Å². The average Bonchev–Trinajstić information content (AvgIpc) is 2.44. The van der Waals surface area contributed by atoms with E-state index < -0.39 is 6.10 Å². The van der Waals surface area contributed by atoms with E-state index in [0.717, 1.165) is 0 Å². The van der Waals surface area contributed by atoms with E-state index in [1.54, 1.807) is 6.08 Å². The van der Waals surface area contributed by atoms with Crippen molar-refractivity contribution in [3.05, 3.63) is 36.9 Å². The molecule has 0 aliphatic carbocycles. The molecule has 0 heterocycles. The van der Waals surface area contributed by atoms with E-state index in [1.165, 1.54) is 0 Å². The van der Waals surface area contributed by atoms with Gasteiger partial charge in [-0.2, -0.15) is 0 Å². The highest BCUT2D eigenvalue weighted by molar-refractivity contribution is 5.39. The third-order valence-corrected chi connectivity index (χ3v) is 2.69. The fourth-order valence-electron chi connectivity index (χ4n) is 1.53. The van der Waals surface area contributed by atoms with E-state index >= 15 is 0 Å². The minimum absolute atomic E-state index is 0.0905. The Morgan fingerprint density at radius 1 is 1.25 bits per heavy atom. The van der Waals surface area contributed by atoms with Crippen LogP contribution in [0, 0.1) is 0 Å². The van der Waals surface area contributed by atoms with Crippen LogP contribution < -0.4 is 14.8 Å². The molecule has 0 amide bonds. The lowest BCUT2D eigenvalue weighted by Gasteiger charge is -2.18. The number of hydrogen-bond acceptors (Lipinski definition) is 4. The maximum absolute atomic E-state index is 9.83. The Morgan fingerprint density at radius 2 is 1.90 bits per heavy atom.